The molecular weight excluding hydrogens is 264 g/mol. The van der Waals surface area contributed by atoms with Crippen LogP contribution >= 0.6 is 0 Å². The first kappa shape index (κ1) is 16.4. The van der Waals surface area contributed by atoms with Gasteiger partial charge in [0, 0.05) is 19.2 Å². The van der Waals surface area contributed by atoms with Crippen molar-refractivity contribution in [3.05, 3.63) is 35.9 Å². The van der Waals surface area contributed by atoms with Crippen LogP contribution in [0.2, 0.25) is 0 Å². The minimum atomic E-state index is -0.0933. The van der Waals surface area contributed by atoms with E-state index < -0.39 is 0 Å². The molecule has 4 heteroatoms. The molecule has 1 heterocycles. The number of rotatable bonds is 8. The third-order valence-corrected chi connectivity index (χ3v) is 3.85. The highest BCUT2D eigenvalue weighted by molar-refractivity contribution is 5.16. The minimum Gasteiger partial charge on any atom is -0.353 e. The van der Waals surface area contributed by atoms with Crippen molar-refractivity contribution in [3.63, 3.8) is 0 Å². The van der Waals surface area contributed by atoms with Crippen molar-refractivity contribution in [2.24, 2.45) is 5.73 Å². The van der Waals surface area contributed by atoms with Crippen LogP contribution in [0.25, 0.3) is 0 Å². The van der Waals surface area contributed by atoms with Crippen LogP contribution in [0.5, 0.6) is 0 Å². The first-order valence-corrected chi connectivity index (χ1v) is 8.07. The van der Waals surface area contributed by atoms with Gasteiger partial charge in [-0.15, -0.1) is 0 Å². The van der Waals surface area contributed by atoms with Crippen LogP contribution in [-0.4, -0.2) is 38.1 Å². The molecule has 1 aromatic carbocycles. The molecule has 0 amide bonds. The van der Waals surface area contributed by atoms with Crippen LogP contribution in [0.4, 0.5) is 0 Å². The molecule has 1 aliphatic rings. The maximum absolute atomic E-state index is 6.39. The van der Waals surface area contributed by atoms with E-state index in [1.165, 1.54) is 12.0 Å². The summed E-state index contributed by atoms with van der Waals surface area (Å²) in [6, 6.07) is 10.3. The van der Waals surface area contributed by atoms with E-state index in [1.54, 1.807) is 0 Å². The van der Waals surface area contributed by atoms with Gasteiger partial charge < -0.3 is 20.5 Å². The lowest BCUT2D eigenvalue weighted by Crippen LogP contribution is -2.47. The first-order valence-electron chi connectivity index (χ1n) is 8.07. The van der Waals surface area contributed by atoms with E-state index in [2.05, 4.69) is 24.4 Å². The van der Waals surface area contributed by atoms with E-state index >= 15 is 0 Å². The van der Waals surface area contributed by atoms with Crippen molar-refractivity contribution < 1.29 is 9.47 Å². The summed E-state index contributed by atoms with van der Waals surface area (Å²) in [5.74, 6) is 0. The van der Waals surface area contributed by atoms with Gasteiger partial charge in [-0.1, -0.05) is 37.3 Å². The highest BCUT2D eigenvalue weighted by Crippen LogP contribution is 2.17. The van der Waals surface area contributed by atoms with E-state index in [-0.39, 0.29) is 18.4 Å². The van der Waals surface area contributed by atoms with Crippen LogP contribution in [0, 0.1) is 0 Å². The molecule has 0 radical (unpaired) electrons. The second kappa shape index (κ2) is 9.15. The lowest BCUT2D eigenvalue weighted by molar-refractivity contribution is -0.190. The van der Waals surface area contributed by atoms with Gasteiger partial charge in [-0.2, -0.15) is 0 Å². The summed E-state index contributed by atoms with van der Waals surface area (Å²) in [7, 11) is 0. The van der Waals surface area contributed by atoms with Gasteiger partial charge in [0.15, 0.2) is 6.29 Å². The molecule has 0 saturated carbocycles. The van der Waals surface area contributed by atoms with Crippen LogP contribution in [0.3, 0.4) is 0 Å². The third kappa shape index (κ3) is 5.75. The van der Waals surface area contributed by atoms with Crippen molar-refractivity contribution >= 4 is 0 Å². The zero-order chi connectivity index (χ0) is 14.9. The summed E-state index contributed by atoms with van der Waals surface area (Å²) in [5, 5.41) is 3.34. The number of ether oxygens (including phenoxy) is 2. The van der Waals surface area contributed by atoms with E-state index in [1.807, 2.05) is 18.2 Å². The third-order valence-electron chi connectivity index (χ3n) is 3.85. The van der Waals surface area contributed by atoms with Crippen LogP contribution in [-0.2, 0) is 15.9 Å². The van der Waals surface area contributed by atoms with Crippen molar-refractivity contribution in [3.8, 4) is 0 Å². The van der Waals surface area contributed by atoms with E-state index in [9.17, 15) is 0 Å². The van der Waals surface area contributed by atoms with Crippen molar-refractivity contribution in [2.75, 3.05) is 19.7 Å². The van der Waals surface area contributed by atoms with Gasteiger partial charge in [0.25, 0.3) is 0 Å². The Morgan fingerprint density at radius 1 is 1.33 bits per heavy atom. The molecular formula is C17H28N2O2. The average molecular weight is 292 g/mol. The highest BCUT2D eigenvalue weighted by atomic mass is 16.7. The van der Waals surface area contributed by atoms with Crippen LogP contribution in [0.1, 0.15) is 31.7 Å². The van der Waals surface area contributed by atoms with Gasteiger partial charge in [-0.3, -0.25) is 0 Å². The average Bonchev–Trinajstić information content (AvgIpc) is 2.53. The zero-order valence-corrected chi connectivity index (χ0v) is 13.0. The van der Waals surface area contributed by atoms with Gasteiger partial charge in [-0.05, 0) is 37.8 Å². The largest absolute Gasteiger partial charge is 0.353 e. The second-order valence-electron chi connectivity index (χ2n) is 5.63. The molecule has 1 saturated heterocycles. The van der Waals surface area contributed by atoms with Crippen molar-refractivity contribution in [1.82, 2.24) is 5.32 Å². The topological polar surface area (TPSA) is 56.5 Å². The molecule has 118 valence electrons. The van der Waals surface area contributed by atoms with E-state index in [0.717, 1.165) is 39.0 Å². The lowest BCUT2D eigenvalue weighted by Gasteiger charge is -2.31. The number of likely N-dealkylation sites (N-methyl/N-ethyl adjacent to an activating group) is 1. The summed E-state index contributed by atoms with van der Waals surface area (Å²) in [5.41, 5.74) is 7.64. The fourth-order valence-corrected chi connectivity index (χ4v) is 2.62. The summed E-state index contributed by atoms with van der Waals surface area (Å²) >= 11 is 0. The van der Waals surface area contributed by atoms with E-state index in [4.69, 9.17) is 15.2 Å². The predicted octanol–water partition coefficient (Wildman–Crippen LogP) is 2.08. The summed E-state index contributed by atoms with van der Waals surface area (Å²) in [4.78, 5) is 0. The Morgan fingerprint density at radius 2 is 2.14 bits per heavy atom. The zero-order valence-electron chi connectivity index (χ0n) is 13.0. The number of nitrogens with one attached hydrogen (secondary N) is 1. The maximum Gasteiger partial charge on any atom is 0.158 e. The number of hydrogen-bond acceptors (Lipinski definition) is 4. The predicted molar refractivity (Wildman–Crippen MR) is 85.1 cm³/mol. The Hall–Kier alpha value is -0.940. The molecule has 0 aliphatic carbocycles. The maximum atomic E-state index is 6.39. The minimum absolute atomic E-state index is 0.0201. The fourth-order valence-electron chi connectivity index (χ4n) is 2.62. The summed E-state index contributed by atoms with van der Waals surface area (Å²) in [6.07, 6.45) is 3.99. The van der Waals surface area contributed by atoms with Gasteiger partial charge >= 0.3 is 0 Å². The number of hydrogen-bond donors (Lipinski definition) is 2. The monoisotopic (exact) mass is 292 g/mol. The molecule has 1 fully saturated rings. The Morgan fingerprint density at radius 3 is 2.81 bits per heavy atom. The van der Waals surface area contributed by atoms with Crippen molar-refractivity contribution in [2.45, 2.75) is 51.0 Å². The number of benzene rings is 1. The molecule has 0 bridgehead atoms. The van der Waals surface area contributed by atoms with Gasteiger partial charge in [0.05, 0.1) is 6.10 Å². The highest BCUT2D eigenvalue weighted by Gasteiger charge is 2.24. The standard InChI is InChI=1S/C17H28N2O2/c1-2-19-13-16(21-17-10-6-7-11-20-17)15(18)12-14-8-4-3-5-9-14/h3-5,8-9,15-17,19H,2,6-7,10-13,18H2,1H3/t15?,16-,17?/m1/s1. The Balaban J connectivity index is 1.90. The molecule has 21 heavy (non-hydrogen) atoms. The Labute approximate surface area is 128 Å². The fraction of sp³-hybridized carbons (Fsp3) is 0.647. The molecule has 1 aliphatic heterocycles. The smallest absolute Gasteiger partial charge is 0.158 e. The summed E-state index contributed by atoms with van der Waals surface area (Å²) < 4.78 is 11.8. The van der Waals surface area contributed by atoms with E-state index in [0.29, 0.717) is 0 Å². The first-order chi connectivity index (χ1) is 10.3. The molecule has 4 nitrogen and oxygen atoms in total. The Bertz CT molecular complexity index is 380. The quantitative estimate of drug-likeness (QED) is 0.770. The normalized spacial score (nSPS) is 21.9. The van der Waals surface area contributed by atoms with Crippen molar-refractivity contribution in [1.29, 1.82) is 0 Å². The summed E-state index contributed by atoms with van der Waals surface area (Å²) in [6.45, 7) is 4.58. The molecule has 2 rings (SSSR count). The molecule has 0 aromatic heterocycles. The number of nitrogens with two attached hydrogens (primary N) is 1. The molecule has 1 aromatic rings. The SMILES string of the molecule is CCNC[C@@H](OC1CCCCO1)C(N)Cc1ccccc1. The van der Waals surface area contributed by atoms with Gasteiger partial charge in [0.2, 0.25) is 0 Å². The van der Waals surface area contributed by atoms with Gasteiger partial charge in [-0.25, -0.2) is 0 Å². The second-order valence-corrected chi connectivity index (χ2v) is 5.63. The Kier molecular flexibility index (Phi) is 7.16. The van der Waals surface area contributed by atoms with Crippen LogP contribution < -0.4 is 11.1 Å². The molecule has 3 N–H and O–H groups in total. The molecule has 3 atom stereocenters. The molecule has 2 unspecified atom stereocenters. The lowest BCUT2D eigenvalue weighted by atomic mass is 10.0. The van der Waals surface area contributed by atoms with Gasteiger partial charge in [0.1, 0.15) is 0 Å². The molecule has 0 spiro atoms. The van der Waals surface area contributed by atoms with Crippen LogP contribution in [0.15, 0.2) is 30.3 Å².